The number of carbonyl (C=O) groups excluding carboxylic acids is 2. The molecule has 25 heavy (non-hydrogen) atoms. The zero-order chi connectivity index (χ0) is 18.5. The van der Waals surface area contributed by atoms with Crippen LogP contribution in [-0.2, 0) is 26.0 Å². The maximum Gasteiger partial charge on any atom is 0.543 e. The molecule has 140 valence electrons. The molecule has 0 radical (unpaired) electrons. The van der Waals surface area contributed by atoms with Crippen molar-refractivity contribution < 1.29 is 29.1 Å². The van der Waals surface area contributed by atoms with Gasteiger partial charge in [0.05, 0.1) is 17.2 Å². The van der Waals surface area contributed by atoms with Gasteiger partial charge >= 0.3 is 12.1 Å². The minimum Gasteiger partial charge on any atom is -0.432 e. The maximum atomic E-state index is 11.7. The van der Waals surface area contributed by atoms with Crippen molar-refractivity contribution >= 4 is 12.1 Å². The summed E-state index contributed by atoms with van der Waals surface area (Å²) in [5.74, 6) is -0.457. The molecular formula is C19H28O6. The Balaban J connectivity index is 2.26. The highest BCUT2D eigenvalue weighted by Gasteiger charge is 2.14. The Hall–Kier alpha value is -2.08. The van der Waals surface area contributed by atoms with Crippen molar-refractivity contribution in [3.05, 3.63) is 35.4 Å². The van der Waals surface area contributed by atoms with E-state index in [1.807, 2.05) is 19.1 Å². The van der Waals surface area contributed by atoms with Crippen LogP contribution >= 0.6 is 0 Å². The highest BCUT2D eigenvalue weighted by molar-refractivity contribution is 5.88. The quantitative estimate of drug-likeness (QED) is 0.317. The zero-order valence-corrected chi connectivity index (χ0v) is 15.3. The third-order valence-corrected chi connectivity index (χ3v) is 3.92. The number of carbonyl (C=O) groups is 2. The predicted octanol–water partition coefficient (Wildman–Crippen LogP) is 5.01. The molecule has 1 rings (SSSR count). The lowest BCUT2D eigenvalue weighted by Crippen LogP contribution is -2.16. The Bertz CT molecular complexity index is 511. The van der Waals surface area contributed by atoms with Gasteiger partial charge in [-0.3, -0.25) is 4.89 Å². The minimum atomic E-state index is -1.03. The summed E-state index contributed by atoms with van der Waals surface area (Å²) in [5, 5.41) is 4.21. The molecule has 0 heterocycles. The van der Waals surface area contributed by atoms with Crippen LogP contribution in [0.15, 0.2) is 24.3 Å². The van der Waals surface area contributed by atoms with E-state index in [9.17, 15) is 9.59 Å². The molecule has 0 bridgehead atoms. The first kappa shape index (κ1) is 21.0. The molecule has 0 N–H and O–H groups in total. The Kier molecular flexibility index (Phi) is 10.3. The summed E-state index contributed by atoms with van der Waals surface area (Å²) in [4.78, 5) is 31.9. The van der Waals surface area contributed by atoms with Crippen LogP contribution in [0.2, 0.25) is 0 Å². The fraction of sp³-hybridized carbons (Fsp3) is 0.579. The molecule has 0 fully saturated rings. The van der Waals surface area contributed by atoms with E-state index in [0.29, 0.717) is 5.56 Å². The van der Waals surface area contributed by atoms with Gasteiger partial charge in [-0.2, -0.15) is 0 Å². The van der Waals surface area contributed by atoms with Gasteiger partial charge in [0.25, 0.3) is 0 Å². The standard InChI is InChI=1S/C19H28O6/c1-4-7-9-15(6-3)14-22-19(21)24-25-23-18(20)17-12-10-16(8-5-2)11-13-17/h10-13,15H,4-9,14H2,1-3H3. The predicted molar refractivity (Wildman–Crippen MR) is 92.7 cm³/mol. The van der Waals surface area contributed by atoms with E-state index < -0.39 is 12.1 Å². The second-order valence-corrected chi connectivity index (χ2v) is 5.95. The second kappa shape index (κ2) is 12.3. The van der Waals surface area contributed by atoms with E-state index in [1.165, 1.54) is 0 Å². The number of ether oxygens (including phenoxy) is 1. The summed E-state index contributed by atoms with van der Waals surface area (Å²) in [6, 6.07) is 6.95. The largest absolute Gasteiger partial charge is 0.543 e. The lowest BCUT2D eigenvalue weighted by Gasteiger charge is -2.13. The lowest BCUT2D eigenvalue weighted by molar-refractivity contribution is -0.452. The molecule has 1 unspecified atom stereocenters. The van der Waals surface area contributed by atoms with E-state index in [-0.39, 0.29) is 12.5 Å². The first-order valence-electron chi connectivity index (χ1n) is 8.91. The van der Waals surface area contributed by atoms with Crippen LogP contribution in [0.3, 0.4) is 0 Å². The molecule has 0 spiro atoms. The number of hydrogen-bond acceptors (Lipinski definition) is 6. The first-order valence-corrected chi connectivity index (χ1v) is 8.91. The normalized spacial score (nSPS) is 11.6. The summed E-state index contributed by atoms with van der Waals surface area (Å²) in [5.41, 5.74) is 1.44. The van der Waals surface area contributed by atoms with Crippen molar-refractivity contribution in [1.29, 1.82) is 0 Å². The van der Waals surface area contributed by atoms with E-state index in [0.717, 1.165) is 44.1 Å². The van der Waals surface area contributed by atoms with Crippen LogP contribution in [0.1, 0.15) is 68.8 Å². The number of benzene rings is 1. The van der Waals surface area contributed by atoms with E-state index >= 15 is 0 Å². The van der Waals surface area contributed by atoms with Gasteiger partial charge in [-0.15, -0.1) is 0 Å². The smallest absolute Gasteiger partial charge is 0.432 e. The average Bonchev–Trinajstić information content (AvgIpc) is 2.62. The molecular weight excluding hydrogens is 324 g/mol. The zero-order valence-electron chi connectivity index (χ0n) is 15.3. The van der Waals surface area contributed by atoms with Gasteiger partial charge < -0.3 is 4.74 Å². The fourth-order valence-electron chi connectivity index (χ4n) is 2.33. The Labute approximate surface area is 149 Å². The number of hydrogen-bond donors (Lipinski definition) is 0. The molecule has 0 aliphatic rings. The van der Waals surface area contributed by atoms with Crippen LogP contribution in [0.25, 0.3) is 0 Å². The van der Waals surface area contributed by atoms with Crippen LogP contribution in [0.5, 0.6) is 0 Å². The van der Waals surface area contributed by atoms with Crippen LogP contribution in [0.4, 0.5) is 4.79 Å². The highest BCUT2D eigenvalue weighted by Crippen LogP contribution is 2.13. The summed E-state index contributed by atoms with van der Waals surface area (Å²) >= 11 is 0. The molecule has 1 atom stereocenters. The Morgan fingerprint density at radius 1 is 1.00 bits per heavy atom. The SMILES string of the molecule is CCCCC(CC)COC(=O)OOOC(=O)c1ccc(CCC)cc1. The molecule has 0 amide bonds. The van der Waals surface area contributed by atoms with Gasteiger partial charge in [0.2, 0.25) is 0 Å². The average molecular weight is 352 g/mol. The molecule has 6 heteroatoms. The number of unbranched alkanes of at least 4 members (excludes halogenated alkanes) is 1. The van der Waals surface area contributed by atoms with Gasteiger partial charge in [0.1, 0.15) is 0 Å². The van der Waals surface area contributed by atoms with Crippen molar-refractivity contribution in [1.82, 2.24) is 0 Å². The van der Waals surface area contributed by atoms with Gasteiger partial charge in [0.15, 0.2) is 0 Å². The topological polar surface area (TPSA) is 71.1 Å². The van der Waals surface area contributed by atoms with Crippen molar-refractivity contribution in [2.24, 2.45) is 5.92 Å². The highest BCUT2D eigenvalue weighted by atomic mass is 17.5. The molecule has 6 nitrogen and oxygen atoms in total. The summed E-state index contributed by atoms with van der Waals surface area (Å²) in [6.45, 7) is 6.49. The van der Waals surface area contributed by atoms with Crippen molar-refractivity contribution in [2.45, 2.75) is 59.3 Å². The summed E-state index contributed by atoms with van der Waals surface area (Å²) < 4.78 is 4.94. The van der Waals surface area contributed by atoms with Crippen molar-refractivity contribution in [3.8, 4) is 0 Å². The van der Waals surface area contributed by atoms with Gasteiger partial charge in [-0.25, -0.2) is 14.5 Å². The molecule has 0 aliphatic heterocycles. The van der Waals surface area contributed by atoms with E-state index in [1.54, 1.807) is 12.1 Å². The van der Waals surface area contributed by atoms with E-state index in [4.69, 9.17) is 4.74 Å². The molecule has 1 aromatic carbocycles. The molecule has 0 aromatic heterocycles. The second-order valence-electron chi connectivity index (χ2n) is 5.95. The fourth-order valence-corrected chi connectivity index (χ4v) is 2.33. The minimum absolute atomic E-state index is 0.255. The lowest BCUT2D eigenvalue weighted by atomic mass is 10.0. The van der Waals surface area contributed by atoms with Gasteiger partial charge in [-0.1, -0.05) is 58.6 Å². The molecule has 0 saturated heterocycles. The summed E-state index contributed by atoms with van der Waals surface area (Å²) in [6.07, 6.45) is 5.03. The monoisotopic (exact) mass is 352 g/mol. The van der Waals surface area contributed by atoms with Gasteiger partial charge in [-0.05, 0) is 36.5 Å². The number of aryl methyl sites for hydroxylation is 1. The number of rotatable bonds is 11. The van der Waals surface area contributed by atoms with Crippen molar-refractivity contribution in [3.63, 3.8) is 0 Å². The van der Waals surface area contributed by atoms with Crippen LogP contribution in [-0.4, -0.2) is 18.7 Å². The molecule has 0 saturated carbocycles. The van der Waals surface area contributed by atoms with Gasteiger partial charge in [0, 0.05) is 0 Å². The third-order valence-electron chi connectivity index (χ3n) is 3.92. The molecule has 1 aromatic rings. The maximum absolute atomic E-state index is 11.7. The molecule has 0 aliphatic carbocycles. The Morgan fingerprint density at radius 2 is 1.72 bits per heavy atom. The third kappa shape index (κ3) is 8.54. The Morgan fingerprint density at radius 3 is 2.32 bits per heavy atom. The van der Waals surface area contributed by atoms with Crippen LogP contribution < -0.4 is 0 Å². The first-order chi connectivity index (χ1) is 12.1. The summed E-state index contributed by atoms with van der Waals surface area (Å²) in [7, 11) is 0. The van der Waals surface area contributed by atoms with Crippen molar-refractivity contribution in [2.75, 3.05) is 6.61 Å². The van der Waals surface area contributed by atoms with E-state index in [2.05, 4.69) is 28.7 Å². The van der Waals surface area contributed by atoms with Crippen LogP contribution in [0, 0.1) is 5.92 Å².